The molecule has 212 valence electrons. The Morgan fingerprint density at radius 3 is 2.26 bits per heavy atom. The molecule has 0 aromatic carbocycles. The average Bonchev–Trinajstić information content (AvgIpc) is 3.37. The molecular weight excluding hydrogens is 488 g/mol. The number of amides is 4. The number of nitrogens with zero attached hydrogens (tertiary/aromatic N) is 1. The molecule has 0 aromatic heterocycles. The first-order valence-corrected chi connectivity index (χ1v) is 13.6. The number of alkyl carbamates (subject to hydrolysis) is 1. The van der Waals surface area contributed by atoms with Crippen LogP contribution in [0.1, 0.15) is 78.6 Å². The second kappa shape index (κ2) is 14.7. The van der Waals surface area contributed by atoms with Crippen molar-refractivity contribution in [2.45, 2.75) is 102 Å². The topological polar surface area (TPSA) is 134 Å². The van der Waals surface area contributed by atoms with Crippen molar-refractivity contribution in [3.8, 4) is 0 Å². The first kappa shape index (κ1) is 31.1. The van der Waals surface area contributed by atoms with Crippen molar-refractivity contribution in [1.29, 1.82) is 0 Å². The van der Waals surface area contributed by atoms with Crippen LogP contribution in [0.2, 0.25) is 0 Å². The zero-order chi connectivity index (χ0) is 28.3. The number of likely N-dealkylation sites (tertiary alicyclic amines) is 1. The molecule has 4 amide bonds. The van der Waals surface area contributed by atoms with Gasteiger partial charge in [-0.3, -0.25) is 19.2 Å². The monoisotopic (exact) mass is 532 g/mol. The Kier molecular flexibility index (Phi) is 12.0. The van der Waals surface area contributed by atoms with Crippen LogP contribution < -0.4 is 16.0 Å². The Labute approximate surface area is 226 Å². The third kappa shape index (κ3) is 9.29. The number of allylic oxidation sites excluding steroid dienone is 1. The van der Waals surface area contributed by atoms with Crippen LogP contribution in [0.3, 0.4) is 0 Å². The standard InChI is InChI=1S/C28H44N4O6/c1-6-8-15-20(23(33)25(35)29-17-7-2)30-24(34)21-16-12-18-32(21)26(36)22(19-13-10-9-11-14-19)31-27(37)38-28(3,4)5/h6-7,19-22H,1-2,8-18H2,3-5H3,(H,29,35)(H,30,34)(H,31,37)/t20?,21-,22?/m0/s1. The van der Waals surface area contributed by atoms with Crippen LogP contribution in [-0.2, 0) is 23.9 Å². The SMILES string of the molecule is C=CCCC(NC(=O)[C@@H]1CCCN1C(=O)C(NC(=O)OC(C)(C)C)C1CCCCC1)C(=O)C(=O)NCC=C. The molecule has 0 bridgehead atoms. The fraction of sp³-hybridized carbons (Fsp3) is 0.679. The van der Waals surface area contributed by atoms with Crippen molar-refractivity contribution >= 4 is 29.6 Å². The van der Waals surface area contributed by atoms with Crippen molar-refractivity contribution in [3.05, 3.63) is 25.3 Å². The maximum absolute atomic E-state index is 13.8. The number of carbonyl (C=O) groups is 5. The predicted octanol–water partition coefficient (Wildman–Crippen LogP) is 2.77. The Morgan fingerprint density at radius 1 is 0.974 bits per heavy atom. The van der Waals surface area contributed by atoms with Gasteiger partial charge >= 0.3 is 6.09 Å². The molecule has 2 unspecified atom stereocenters. The highest BCUT2D eigenvalue weighted by molar-refractivity contribution is 6.38. The number of Topliss-reactive ketones (excluding diaryl/α,β-unsaturated/α-hetero) is 1. The predicted molar refractivity (Wildman–Crippen MR) is 144 cm³/mol. The summed E-state index contributed by atoms with van der Waals surface area (Å²) in [6, 6.07) is -2.65. The third-order valence-electron chi connectivity index (χ3n) is 6.82. The highest BCUT2D eigenvalue weighted by Crippen LogP contribution is 2.29. The molecule has 1 saturated heterocycles. The average molecular weight is 533 g/mol. The summed E-state index contributed by atoms with van der Waals surface area (Å²) in [5.74, 6) is -2.43. The second-order valence-corrected chi connectivity index (χ2v) is 11.0. The van der Waals surface area contributed by atoms with E-state index in [0.29, 0.717) is 25.8 Å². The van der Waals surface area contributed by atoms with Crippen LogP contribution in [0.5, 0.6) is 0 Å². The van der Waals surface area contributed by atoms with Gasteiger partial charge in [-0.25, -0.2) is 4.79 Å². The molecule has 2 rings (SSSR count). The normalized spacial score (nSPS) is 19.6. The van der Waals surface area contributed by atoms with E-state index in [1.807, 2.05) is 0 Å². The maximum Gasteiger partial charge on any atom is 0.408 e. The lowest BCUT2D eigenvalue weighted by molar-refractivity contribution is -0.143. The lowest BCUT2D eigenvalue weighted by Crippen LogP contribution is -2.58. The van der Waals surface area contributed by atoms with Gasteiger partial charge < -0.3 is 25.6 Å². The maximum atomic E-state index is 13.8. The lowest BCUT2D eigenvalue weighted by atomic mass is 9.83. The van der Waals surface area contributed by atoms with E-state index >= 15 is 0 Å². The van der Waals surface area contributed by atoms with Crippen LogP contribution in [0.15, 0.2) is 25.3 Å². The Bertz CT molecular complexity index is 890. The van der Waals surface area contributed by atoms with Crippen molar-refractivity contribution in [1.82, 2.24) is 20.9 Å². The zero-order valence-corrected chi connectivity index (χ0v) is 23.1. The first-order valence-electron chi connectivity index (χ1n) is 13.6. The highest BCUT2D eigenvalue weighted by Gasteiger charge is 2.42. The van der Waals surface area contributed by atoms with E-state index < -0.39 is 47.4 Å². The molecule has 2 fully saturated rings. The van der Waals surface area contributed by atoms with Gasteiger partial charge in [0, 0.05) is 13.1 Å². The third-order valence-corrected chi connectivity index (χ3v) is 6.82. The smallest absolute Gasteiger partial charge is 0.408 e. The summed E-state index contributed by atoms with van der Waals surface area (Å²) in [7, 11) is 0. The number of hydrogen-bond donors (Lipinski definition) is 3. The van der Waals surface area contributed by atoms with Gasteiger partial charge in [-0.15, -0.1) is 13.2 Å². The van der Waals surface area contributed by atoms with Gasteiger partial charge in [-0.1, -0.05) is 31.4 Å². The number of hydrogen-bond acceptors (Lipinski definition) is 6. The molecule has 1 aliphatic heterocycles. The minimum atomic E-state index is -1.04. The van der Waals surface area contributed by atoms with Crippen LogP contribution >= 0.6 is 0 Å². The lowest BCUT2D eigenvalue weighted by Gasteiger charge is -2.35. The van der Waals surface area contributed by atoms with Crippen molar-refractivity contribution in [3.63, 3.8) is 0 Å². The van der Waals surface area contributed by atoms with Crippen LogP contribution in [0, 0.1) is 5.92 Å². The van der Waals surface area contributed by atoms with Crippen molar-refractivity contribution in [2.75, 3.05) is 13.1 Å². The van der Waals surface area contributed by atoms with Gasteiger partial charge in [-0.2, -0.15) is 0 Å². The van der Waals surface area contributed by atoms with Crippen LogP contribution in [-0.4, -0.2) is 71.3 Å². The molecule has 3 atom stereocenters. The summed E-state index contributed by atoms with van der Waals surface area (Å²) < 4.78 is 5.42. The highest BCUT2D eigenvalue weighted by atomic mass is 16.6. The summed E-state index contributed by atoms with van der Waals surface area (Å²) in [6.07, 6.45) is 8.68. The second-order valence-electron chi connectivity index (χ2n) is 11.0. The molecular formula is C28H44N4O6. The van der Waals surface area contributed by atoms with Gasteiger partial charge in [0.1, 0.15) is 17.7 Å². The molecule has 0 aromatic rings. The van der Waals surface area contributed by atoms with E-state index in [2.05, 4.69) is 29.1 Å². The summed E-state index contributed by atoms with van der Waals surface area (Å²) >= 11 is 0. The molecule has 0 radical (unpaired) electrons. The minimum Gasteiger partial charge on any atom is -0.444 e. The fourth-order valence-corrected chi connectivity index (χ4v) is 5.00. The molecule has 38 heavy (non-hydrogen) atoms. The molecule has 10 nitrogen and oxygen atoms in total. The number of rotatable bonds is 12. The van der Waals surface area contributed by atoms with Gasteiger partial charge in [0.2, 0.25) is 17.6 Å². The van der Waals surface area contributed by atoms with Crippen molar-refractivity contribution < 1.29 is 28.7 Å². The summed E-state index contributed by atoms with van der Waals surface area (Å²) in [4.78, 5) is 66.3. The van der Waals surface area contributed by atoms with Crippen LogP contribution in [0.25, 0.3) is 0 Å². The van der Waals surface area contributed by atoms with E-state index in [4.69, 9.17) is 4.74 Å². The number of ketones is 1. The number of carbonyl (C=O) groups excluding carboxylic acids is 5. The molecule has 1 saturated carbocycles. The zero-order valence-electron chi connectivity index (χ0n) is 23.1. The first-order chi connectivity index (χ1) is 18.0. The van der Waals surface area contributed by atoms with Gasteiger partial charge in [-0.05, 0) is 65.2 Å². The van der Waals surface area contributed by atoms with Crippen LogP contribution in [0.4, 0.5) is 4.79 Å². The Hall–Kier alpha value is -3.17. The fourth-order valence-electron chi connectivity index (χ4n) is 5.00. The quantitative estimate of drug-likeness (QED) is 0.261. The van der Waals surface area contributed by atoms with E-state index in [1.165, 1.54) is 11.0 Å². The molecule has 3 N–H and O–H groups in total. The van der Waals surface area contributed by atoms with E-state index in [0.717, 1.165) is 32.1 Å². The summed E-state index contributed by atoms with van der Waals surface area (Å²) in [5.41, 5.74) is -0.717. The minimum absolute atomic E-state index is 0.0523. The number of ether oxygens (including phenoxy) is 1. The molecule has 0 spiro atoms. The van der Waals surface area contributed by atoms with Gasteiger partial charge in [0.05, 0.1) is 6.04 Å². The summed E-state index contributed by atoms with van der Waals surface area (Å²) in [5, 5.41) is 7.93. The summed E-state index contributed by atoms with van der Waals surface area (Å²) in [6.45, 7) is 12.9. The number of nitrogens with one attached hydrogen (secondary N) is 3. The molecule has 2 aliphatic rings. The van der Waals surface area contributed by atoms with E-state index in [1.54, 1.807) is 26.8 Å². The van der Waals surface area contributed by atoms with Gasteiger partial charge in [0.25, 0.3) is 5.91 Å². The molecule has 10 heteroatoms. The largest absolute Gasteiger partial charge is 0.444 e. The molecule has 1 heterocycles. The van der Waals surface area contributed by atoms with Gasteiger partial charge in [0.15, 0.2) is 0 Å². The van der Waals surface area contributed by atoms with E-state index in [-0.39, 0.29) is 24.8 Å². The van der Waals surface area contributed by atoms with Crippen molar-refractivity contribution in [2.24, 2.45) is 5.92 Å². The Balaban J connectivity index is 2.19. The Morgan fingerprint density at radius 2 is 1.66 bits per heavy atom. The molecule has 1 aliphatic carbocycles. The van der Waals surface area contributed by atoms with E-state index in [9.17, 15) is 24.0 Å².